The second-order valence-electron chi connectivity index (χ2n) is 7.70. The molecule has 1 aliphatic heterocycles. The Morgan fingerprint density at radius 2 is 1.72 bits per heavy atom. The Morgan fingerprint density at radius 3 is 2.38 bits per heavy atom. The summed E-state index contributed by atoms with van der Waals surface area (Å²) in [7, 11) is 1.97. The first-order valence-corrected chi connectivity index (χ1v) is 10.2. The van der Waals surface area contributed by atoms with E-state index >= 15 is 0 Å². The number of nitrogens with two attached hydrogens (primary N) is 1. The van der Waals surface area contributed by atoms with Gasteiger partial charge >= 0.3 is 0 Å². The van der Waals surface area contributed by atoms with E-state index in [1.54, 1.807) is 24.3 Å². The molecular formula is C23H30N4O2. The summed E-state index contributed by atoms with van der Waals surface area (Å²) < 4.78 is 0. The summed E-state index contributed by atoms with van der Waals surface area (Å²) >= 11 is 0. The van der Waals surface area contributed by atoms with Crippen molar-refractivity contribution in [2.24, 2.45) is 5.73 Å². The number of nitrogens with zero attached hydrogens (tertiary/aromatic N) is 2. The van der Waals surface area contributed by atoms with Crippen LogP contribution < -0.4 is 16.0 Å². The lowest BCUT2D eigenvalue weighted by molar-refractivity contribution is -0.120. The van der Waals surface area contributed by atoms with Gasteiger partial charge < -0.3 is 16.0 Å². The number of likely N-dealkylation sites (N-methyl/N-ethyl adjacent to an activating group) is 1. The molecule has 0 saturated carbocycles. The molecule has 1 fully saturated rings. The third-order valence-corrected chi connectivity index (χ3v) is 5.59. The third-order valence-electron chi connectivity index (χ3n) is 5.59. The lowest BCUT2D eigenvalue weighted by Crippen LogP contribution is -2.39. The normalized spacial score (nSPS) is 15.2. The number of rotatable bonds is 7. The molecular weight excluding hydrogens is 364 g/mol. The van der Waals surface area contributed by atoms with Gasteiger partial charge in [0.15, 0.2) is 0 Å². The Morgan fingerprint density at radius 1 is 1.07 bits per heavy atom. The molecule has 1 atom stereocenters. The molecule has 1 unspecified atom stereocenters. The van der Waals surface area contributed by atoms with E-state index in [1.807, 2.05) is 14.0 Å². The summed E-state index contributed by atoms with van der Waals surface area (Å²) in [6.07, 6.45) is 3.77. The lowest BCUT2D eigenvalue weighted by Gasteiger charge is -2.32. The van der Waals surface area contributed by atoms with Crippen LogP contribution in [0.5, 0.6) is 0 Å². The van der Waals surface area contributed by atoms with Crippen LogP contribution in [0.25, 0.3) is 0 Å². The van der Waals surface area contributed by atoms with Crippen LogP contribution in [0.3, 0.4) is 0 Å². The topological polar surface area (TPSA) is 78.7 Å². The lowest BCUT2D eigenvalue weighted by atomic mass is 10.1. The quantitative estimate of drug-likeness (QED) is 0.756. The highest BCUT2D eigenvalue weighted by Crippen LogP contribution is 2.25. The second-order valence-corrected chi connectivity index (χ2v) is 7.70. The number of carbonyl (C=O) groups excluding carboxylic acids is 2. The number of anilines is 2. The van der Waals surface area contributed by atoms with Crippen LogP contribution >= 0.6 is 0 Å². The number of amides is 2. The summed E-state index contributed by atoms with van der Waals surface area (Å²) in [5, 5.41) is 2.91. The van der Waals surface area contributed by atoms with Gasteiger partial charge in [0.25, 0.3) is 0 Å². The van der Waals surface area contributed by atoms with Gasteiger partial charge in [-0.15, -0.1) is 0 Å². The maximum Gasteiger partial charge on any atom is 0.248 e. The summed E-state index contributed by atoms with van der Waals surface area (Å²) in [6, 6.07) is 14.8. The molecule has 1 saturated heterocycles. The van der Waals surface area contributed by atoms with Crippen molar-refractivity contribution in [2.45, 2.75) is 38.8 Å². The van der Waals surface area contributed by atoms with Crippen LogP contribution in [0.1, 0.15) is 42.1 Å². The first-order valence-electron chi connectivity index (χ1n) is 10.2. The Hall–Kier alpha value is -2.86. The number of hydrogen-bond donors (Lipinski definition) is 2. The van der Waals surface area contributed by atoms with Crippen LogP contribution in [0.4, 0.5) is 11.4 Å². The standard InChI is InChI=1S/C23H30N4O2/c1-17(23(29)25-20-12-10-18(11-13-20)22(24)28)26(2)16-19-8-4-5-9-21(19)27-14-6-3-7-15-27/h4-5,8-13,17H,3,6-7,14-16H2,1-2H3,(H2,24,28)(H,25,29). The van der Waals surface area contributed by atoms with Crippen molar-refractivity contribution < 1.29 is 9.59 Å². The molecule has 0 aromatic heterocycles. The molecule has 1 aliphatic rings. The zero-order valence-corrected chi connectivity index (χ0v) is 17.2. The SMILES string of the molecule is CC(C(=O)Nc1ccc(C(N)=O)cc1)N(C)Cc1ccccc1N1CCCCC1. The molecule has 0 bridgehead atoms. The van der Waals surface area contributed by atoms with Crippen LogP contribution in [0.15, 0.2) is 48.5 Å². The molecule has 154 valence electrons. The molecule has 29 heavy (non-hydrogen) atoms. The predicted molar refractivity (Wildman–Crippen MR) is 117 cm³/mol. The minimum atomic E-state index is -0.483. The fourth-order valence-corrected chi connectivity index (χ4v) is 3.66. The Balaban J connectivity index is 1.63. The second kappa shape index (κ2) is 9.56. The Labute approximate surface area is 172 Å². The van der Waals surface area contributed by atoms with Crippen LogP contribution in [0, 0.1) is 0 Å². The van der Waals surface area contributed by atoms with Gasteiger partial charge in [-0.2, -0.15) is 0 Å². The molecule has 6 nitrogen and oxygen atoms in total. The summed E-state index contributed by atoms with van der Waals surface area (Å²) in [5.74, 6) is -0.571. The molecule has 2 aromatic carbocycles. The molecule has 0 spiro atoms. The molecule has 2 aromatic rings. The fourth-order valence-electron chi connectivity index (χ4n) is 3.66. The van der Waals surface area contributed by atoms with Crippen LogP contribution in [0.2, 0.25) is 0 Å². The van der Waals surface area contributed by atoms with Gasteiger partial charge in [-0.25, -0.2) is 0 Å². The first kappa shape index (κ1) is 20.9. The number of carbonyl (C=O) groups is 2. The largest absolute Gasteiger partial charge is 0.371 e. The van der Waals surface area contributed by atoms with E-state index in [0.717, 1.165) is 13.1 Å². The van der Waals surface area contributed by atoms with E-state index < -0.39 is 5.91 Å². The maximum atomic E-state index is 12.7. The van der Waals surface area contributed by atoms with Gasteiger partial charge in [0.05, 0.1) is 6.04 Å². The van der Waals surface area contributed by atoms with E-state index in [2.05, 4.69) is 39.4 Å². The summed E-state index contributed by atoms with van der Waals surface area (Å²) in [6.45, 7) is 4.79. The number of piperidine rings is 1. The van der Waals surface area contributed by atoms with Gasteiger partial charge in [0, 0.05) is 36.6 Å². The van der Waals surface area contributed by atoms with Gasteiger partial charge in [-0.05, 0) is 69.1 Å². The zero-order valence-electron chi connectivity index (χ0n) is 17.2. The van der Waals surface area contributed by atoms with Crippen molar-refractivity contribution in [1.82, 2.24) is 4.90 Å². The molecule has 0 aliphatic carbocycles. The highest BCUT2D eigenvalue weighted by molar-refractivity contribution is 5.96. The van der Waals surface area contributed by atoms with E-state index in [0.29, 0.717) is 17.8 Å². The highest BCUT2D eigenvalue weighted by atomic mass is 16.2. The van der Waals surface area contributed by atoms with Crippen LogP contribution in [-0.4, -0.2) is 42.9 Å². The van der Waals surface area contributed by atoms with Crippen molar-refractivity contribution in [3.63, 3.8) is 0 Å². The molecule has 3 N–H and O–H groups in total. The average Bonchev–Trinajstić information content (AvgIpc) is 2.74. The summed E-state index contributed by atoms with van der Waals surface area (Å²) in [4.78, 5) is 28.4. The fraction of sp³-hybridized carbons (Fsp3) is 0.391. The molecule has 3 rings (SSSR count). The number of benzene rings is 2. The highest BCUT2D eigenvalue weighted by Gasteiger charge is 2.21. The van der Waals surface area contributed by atoms with Crippen molar-refractivity contribution in [1.29, 1.82) is 0 Å². The van der Waals surface area contributed by atoms with Crippen molar-refractivity contribution in [3.8, 4) is 0 Å². The van der Waals surface area contributed by atoms with E-state index in [4.69, 9.17) is 5.73 Å². The first-order chi connectivity index (χ1) is 14.0. The average molecular weight is 395 g/mol. The van der Waals surface area contributed by atoms with E-state index in [9.17, 15) is 9.59 Å². The molecule has 6 heteroatoms. The number of nitrogens with one attached hydrogen (secondary N) is 1. The summed E-state index contributed by atoms with van der Waals surface area (Å²) in [5.41, 5.74) is 8.83. The maximum absolute atomic E-state index is 12.7. The predicted octanol–water partition coefficient (Wildman–Crippen LogP) is 3.23. The van der Waals surface area contributed by atoms with Crippen molar-refractivity contribution in [2.75, 3.05) is 30.4 Å². The molecule has 2 amide bonds. The van der Waals surface area contributed by atoms with Crippen molar-refractivity contribution in [3.05, 3.63) is 59.7 Å². The van der Waals surface area contributed by atoms with Gasteiger partial charge in [-0.3, -0.25) is 14.5 Å². The van der Waals surface area contributed by atoms with Crippen molar-refractivity contribution >= 4 is 23.2 Å². The zero-order chi connectivity index (χ0) is 20.8. The van der Waals surface area contributed by atoms with E-state index in [-0.39, 0.29) is 11.9 Å². The smallest absolute Gasteiger partial charge is 0.248 e. The number of primary amides is 1. The minimum absolute atomic E-state index is 0.0882. The third kappa shape index (κ3) is 5.35. The number of hydrogen-bond acceptors (Lipinski definition) is 4. The monoisotopic (exact) mass is 394 g/mol. The number of para-hydroxylation sites is 1. The van der Waals surface area contributed by atoms with Gasteiger partial charge in [0.1, 0.15) is 0 Å². The Bertz CT molecular complexity index is 844. The van der Waals surface area contributed by atoms with Gasteiger partial charge in [-0.1, -0.05) is 18.2 Å². The van der Waals surface area contributed by atoms with E-state index in [1.165, 1.54) is 30.5 Å². The molecule has 0 radical (unpaired) electrons. The van der Waals surface area contributed by atoms with Gasteiger partial charge in [0.2, 0.25) is 11.8 Å². The Kier molecular flexibility index (Phi) is 6.88. The minimum Gasteiger partial charge on any atom is -0.371 e. The van der Waals surface area contributed by atoms with Crippen LogP contribution in [-0.2, 0) is 11.3 Å². The molecule has 1 heterocycles.